The summed E-state index contributed by atoms with van der Waals surface area (Å²) >= 11 is 0. The van der Waals surface area contributed by atoms with Crippen molar-refractivity contribution < 1.29 is 14.2 Å². The first-order valence-electron chi connectivity index (χ1n) is 7.38. The Kier molecular flexibility index (Phi) is 6.15. The first-order valence-corrected chi connectivity index (χ1v) is 7.38. The fourth-order valence-electron chi connectivity index (χ4n) is 2.33. The Bertz CT molecular complexity index is 409. The predicted octanol–water partition coefficient (Wildman–Crippen LogP) is 2.26. The van der Waals surface area contributed by atoms with Crippen molar-refractivity contribution >= 4 is 0 Å². The van der Waals surface area contributed by atoms with E-state index >= 15 is 0 Å². The van der Waals surface area contributed by atoms with Gasteiger partial charge in [-0.1, -0.05) is 13.0 Å². The number of nitrogens with one attached hydrogen (secondary N) is 1. The molecule has 1 N–H and O–H groups in total. The molecule has 0 saturated heterocycles. The smallest absolute Gasteiger partial charge is 0.161 e. The number of hydrogen-bond donors (Lipinski definition) is 1. The summed E-state index contributed by atoms with van der Waals surface area (Å²) in [4.78, 5) is 0. The molecule has 20 heavy (non-hydrogen) atoms. The Morgan fingerprint density at radius 1 is 1.25 bits per heavy atom. The Labute approximate surface area is 121 Å². The van der Waals surface area contributed by atoms with Crippen molar-refractivity contribution in [3.8, 4) is 11.5 Å². The lowest BCUT2D eigenvalue weighted by molar-refractivity contribution is 0.198. The van der Waals surface area contributed by atoms with Crippen LogP contribution in [0.15, 0.2) is 18.2 Å². The van der Waals surface area contributed by atoms with Crippen LogP contribution in [0.4, 0.5) is 0 Å². The minimum Gasteiger partial charge on any atom is -0.490 e. The maximum absolute atomic E-state index is 5.73. The minimum absolute atomic E-state index is 0.580. The molecular weight excluding hydrogens is 254 g/mol. The lowest BCUT2D eigenvalue weighted by Gasteiger charge is -2.14. The van der Waals surface area contributed by atoms with Crippen molar-refractivity contribution in [3.05, 3.63) is 23.8 Å². The van der Waals surface area contributed by atoms with Gasteiger partial charge in [0.25, 0.3) is 0 Å². The van der Waals surface area contributed by atoms with E-state index in [-0.39, 0.29) is 0 Å². The van der Waals surface area contributed by atoms with E-state index in [0.29, 0.717) is 5.92 Å². The zero-order chi connectivity index (χ0) is 14.2. The molecule has 0 fully saturated rings. The van der Waals surface area contributed by atoms with Crippen LogP contribution in [0.3, 0.4) is 0 Å². The third kappa shape index (κ3) is 4.69. The van der Waals surface area contributed by atoms with Crippen molar-refractivity contribution in [3.63, 3.8) is 0 Å². The lowest BCUT2D eigenvalue weighted by Crippen LogP contribution is -2.25. The van der Waals surface area contributed by atoms with Crippen LogP contribution in [0, 0.1) is 5.92 Å². The first-order chi connectivity index (χ1) is 9.79. The molecule has 2 rings (SSSR count). The highest BCUT2D eigenvalue weighted by molar-refractivity contribution is 5.43. The molecule has 4 heteroatoms. The number of rotatable bonds is 7. The highest BCUT2D eigenvalue weighted by atomic mass is 16.5. The van der Waals surface area contributed by atoms with Gasteiger partial charge < -0.3 is 19.5 Å². The number of hydrogen-bond acceptors (Lipinski definition) is 4. The van der Waals surface area contributed by atoms with Crippen LogP contribution in [-0.2, 0) is 11.2 Å². The van der Waals surface area contributed by atoms with Gasteiger partial charge in [-0.25, -0.2) is 0 Å². The van der Waals surface area contributed by atoms with E-state index in [1.807, 2.05) is 6.07 Å². The largest absolute Gasteiger partial charge is 0.490 e. The molecule has 0 bridgehead atoms. The summed E-state index contributed by atoms with van der Waals surface area (Å²) in [7, 11) is 1.73. The van der Waals surface area contributed by atoms with Gasteiger partial charge in [0.2, 0.25) is 0 Å². The van der Waals surface area contributed by atoms with E-state index in [2.05, 4.69) is 24.4 Å². The van der Waals surface area contributed by atoms with Gasteiger partial charge in [-0.15, -0.1) is 0 Å². The van der Waals surface area contributed by atoms with Crippen LogP contribution < -0.4 is 14.8 Å². The second-order valence-corrected chi connectivity index (χ2v) is 5.34. The van der Waals surface area contributed by atoms with Crippen LogP contribution in [0.1, 0.15) is 18.9 Å². The average Bonchev–Trinajstić information content (AvgIpc) is 2.68. The van der Waals surface area contributed by atoms with Gasteiger partial charge in [-0.3, -0.25) is 0 Å². The molecule has 1 aliphatic heterocycles. The molecule has 0 aromatic heterocycles. The first kappa shape index (κ1) is 15.1. The van der Waals surface area contributed by atoms with Gasteiger partial charge in [0, 0.05) is 20.1 Å². The van der Waals surface area contributed by atoms with E-state index in [9.17, 15) is 0 Å². The summed E-state index contributed by atoms with van der Waals surface area (Å²) in [5.74, 6) is 2.34. The second-order valence-electron chi connectivity index (χ2n) is 5.34. The molecule has 1 unspecified atom stereocenters. The highest BCUT2D eigenvalue weighted by Crippen LogP contribution is 2.31. The monoisotopic (exact) mass is 279 g/mol. The van der Waals surface area contributed by atoms with Crippen molar-refractivity contribution in [2.24, 2.45) is 5.92 Å². The molecule has 0 saturated carbocycles. The van der Waals surface area contributed by atoms with Crippen molar-refractivity contribution in [1.82, 2.24) is 5.32 Å². The molecule has 0 spiro atoms. The molecule has 1 aliphatic rings. The zero-order valence-corrected chi connectivity index (χ0v) is 12.5. The Hall–Kier alpha value is -1.26. The molecule has 4 nitrogen and oxygen atoms in total. The van der Waals surface area contributed by atoms with Crippen molar-refractivity contribution in [2.75, 3.05) is 40.0 Å². The second kappa shape index (κ2) is 8.12. The Morgan fingerprint density at radius 2 is 2.05 bits per heavy atom. The molecule has 0 radical (unpaired) electrons. The quantitative estimate of drug-likeness (QED) is 0.777. The summed E-state index contributed by atoms with van der Waals surface area (Å²) in [6, 6.07) is 6.28. The van der Waals surface area contributed by atoms with Gasteiger partial charge in [-0.2, -0.15) is 0 Å². The zero-order valence-electron chi connectivity index (χ0n) is 12.5. The van der Waals surface area contributed by atoms with Gasteiger partial charge in [0.15, 0.2) is 11.5 Å². The Balaban J connectivity index is 1.84. The summed E-state index contributed by atoms with van der Waals surface area (Å²) in [6.07, 6.45) is 1.99. The number of methoxy groups -OCH3 is 1. The van der Waals surface area contributed by atoms with Gasteiger partial charge in [0.05, 0.1) is 19.8 Å². The van der Waals surface area contributed by atoms with Crippen molar-refractivity contribution in [2.45, 2.75) is 19.8 Å². The van der Waals surface area contributed by atoms with Crippen LogP contribution in [0.5, 0.6) is 11.5 Å². The van der Waals surface area contributed by atoms with Gasteiger partial charge >= 0.3 is 0 Å². The predicted molar refractivity (Wildman–Crippen MR) is 79.7 cm³/mol. The molecule has 1 aromatic carbocycles. The summed E-state index contributed by atoms with van der Waals surface area (Å²) < 4.78 is 16.4. The van der Waals surface area contributed by atoms with Crippen LogP contribution in [-0.4, -0.2) is 40.0 Å². The third-order valence-corrected chi connectivity index (χ3v) is 3.37. The molecule has 112 valence electrons. The van der Waals surface area contributed by atoms with E-state index in [4.69, 9.17) is 14.2 Å². The van der Waals surface area contributed by atoms with Crippen LogP contribution in [0.25, 0.3) is 0 Å². The topological polar surface area (TPSA) is 39.7 Å². The summed E-state index contributed by atoms with van der Waals surface area (Å²) in [5.41, 5.74) is 1.30. The molecule has 1 aromatic rings. The van der Waals surface area contributed by atoms with E-state index in [1.54, 1.807) is 7.11 Å². The van der Waals surface area contributed by atoms with Crippen LogP contribution >= 0.6 is 0 Å². The average molecular weight is 279 g/mol. The maximum atomic E-state index is 5.73. The number of ether oxygens (including phenoxy) is 3. The Morgan fingerprint density at radius 3 is 2.85 bits per heavy atom. The lowest BCUT2D eigenvalue weighted by atomic mass is 10.0. The number of fused-ring (bicyclic) bond motifs is 1. The van der Waals surface area contributed by atoms with Gasteiger partial charge in [-0.05, 0) is 36.6 Å². The molecular formula is C16H25NO3. The van der Waals surface area contributed by atoms with Gasteiger partial charge in [0.1, 0.15) is 0 Å². The standard InChI is InChI=1S/C16H25NO3/c1-13(12-17-6-9-18-2)10-14-4-5-15-16(11-14)20-8-3-7-19-15/h4-5,11,13,17H,3,6-10,12H2,1-2H3. The molecule has 1 heterocycles. The van der Waals surface area contributed by atoms with E-state index in [0.717, 1.165) is 57.3 Å². The van der Waals surface area contributed by atoms with Crippen LogP contribution in [0.2, 0.25) is 0 Å². The summed E-state index contributed by atoms with van der Waals surface area (Å²) in [5, 5.41) is 3.40. The normalized spacial score (nSPS) is 15.7. The summed E-state index contributed by atoms with van der Waals surface area (Å²) in [6.45, 7) is 6.40. The molecule has 1 atom stereocenters. The number of benzene rings is 1. The maximum Gasteiger partial charge on any atom is 0.161 e. The van der Waals surface area contributed by atoms with Crippen molar-refractivity contribution in [1.29, 1.82) is 0 Å². The SMILES string of the molecule is COCCNCC(C)Cc1ccc2c(c1)OCCCO2. The molecule has 0 amide bonds. The minimum atomic E-state index is 0.580. The molecule has 0 aliphatic carbocycles. The van der Waals surface area contributed by atoms with E-state index < -0.39 is 0 Å². The third-order valence-electron chi connectivity index (χ3n) is 3.37. The van der Waals surface area contributed by atoms with E-state index in [1.165, 1.54) is 5.56 Å². The fraction of sp³-hybridized carbons (Fsp3) is 0.625. The highest BCUT2D eigenvalue weighted by Gasteiger charge is 2.12. The fourth-order valence-corrected chi connectivity index (χ4v) is 2.33.